The smallest absolute Gasteiger partial charge is 0.234 e. The Balaban J connectivity index is 2.27. The predicted octanol–water partition coefficient (Wildman–Crippen LogP) is 3.14. The second-order valence-electron chi connectivity index (χ2n) is 4.68. The first-order valence-electron chi connectivity index (χ1n) is 6.10. The van der Waals surface area contributed by atoms with E-state index in [1.807, 2.05) is 30.3 Å². The summed E-state index contributed by atoms with van der Waals surface area (Å²) in [6.45, 7) is 0. The summed E-state index contributed by atoms with van der Waals surface area (Å²) in [6, 6.07) is 9.50. The van der Waals surface area contributed by atoms with Gasteiger partial charge >= 0.3 is 0 Å². The molecule has 1 N–H and O–H groups in total. The van der Waals surface area contributed by atoms with Crippen molar-refractivity contribution in [2.75, 3.05) is 0 Å². The van der Waals surface area contributed by atoms with E-state index in [2.05, 4.69) is 5.32 Å². The molecule has 1 aliphatic rings. The van der Waals surface area contributed by atoms with E-state index in [1.54, 1.807) is 0 Å². The maximum Gasteiger partial charge on any atom is 0.234 e. The van der Waals surface area contributed by atoms with Gasteiger partial charge in [0.15, 0.2) is 0 Å². The molecule has 2 rings (SSSR count). The average Bonchev–Trinajstić information content (AvgIpc) is 2.79. The molecule has 0 aromatic heterocycles. The molecule has 1 aromatic rings. The molecule has 1 aliphatic carbocycles. The Morgan fingerprint density at radius 3 is 2.78 bits per heavy atom. The molecule has 18 heavy (non-hydrogen) atoms. The Labute approximate surface area is 112 Å². The van der Waals surface area contributed by atoms with E-state index in [1.165, 1.54) is 0 Å². The largest absolute Gasteiger partial charge is 0.346 e. The highest BCUT2D eigenvalue weighted by atomic mass is 35.5. The third kappa shape index (κ3) is 2.65. The first kappa shape index (κ1) is 12.9. The van der Waals surface area contributed by atoms with Crippen LogP contribution in [0.4, 0.5) is 0 Å². The molecule has 94 valence electrons. The first-order chi connectivity index (χ1) is 8.66. The Kier molecular flexibility index (Phi) is 3.88. The first-order valence-corrected chi connectivity index (χ1v) is 6.48. The van der Waals surface area contributed by atoms with Gasteiger partial charge in [-0.05, 0) is 30.5 Å². The van der Waals surface area contributed by atoms with Crippen molar-refractivity contribution in [3.05, 3.63) is 34.9 Å². The van der Waals surface area contributed by atoms with E-state index in [0.29, 0.717) is 5.02 Å². The monoisotopic (exact) mass is 262 g/mol. The minimum absolute atomic E-state index is 0.0949. The molecule has 1 amide bonds. The summed E-state index contributed by atoms with van der Waals surface area (Å²) < 4.78 is 0. The Hall–Kier alpha value is -1.53. The Morgan fingerprint density at radius 1 is 1.44 bits per heavy atom. The highest BCUT2D eigenvalue weighted by molar-refractivity contribution is 6.30. The van der Waals surface area contributed by atoms with Gasteiger partial charge in [0.05, 0.1) is 11.6 Å². The zero-order valence-electron chi connectivity index (χ0n) is 10.1. The van der Waals surface area contributed by atoms with Crippen LogP contribution in [0.1, 0.15) is 37.7 Å². The number of nitrogens with one attached hydrogen (secondary N) is 1. The number of carbonyl (C=O) groups excluding carboxylic acids is 1. The van der Waals surface area contributed by atoms with Crippen LogP contribution < -0.4 is 5.32 Å². The normalized spacial score (nSPS) is 17.1. The maximum atomic E-state index is 11.7. The number of amides is 1. The topological polar surface area (TPSA) is 52.9 Å². The van der Waals surface area contributed by atoms with Gasteiger partial charge in [0.1, 0.15) is 6.42 Å². The molecular formula is C14H15ClN2O. The highest BCUT2D eigenvalue weighted by Gasteiger charge is 2.36. The summed E-state index contributed by atoms with van der Waals surface area (Å²) in [5.41, 5.74) is 0.706. The van der Waals surface area contributed by atoms with Crippen LogP contribution in [0.2, 0.25) is 5.02 Å². The third-order valence-corrected chi connectivity index (χ3v) is 3.69. The van der Waals surface area contributed by atoms with E-state index in [4.69, 9.17) is 16.9 Å². The van der Waals surface area contributed by atoms with E-state index >= 15 is 0 Å². The molecule has 0 unspecified atom stereocenters. The van der Waals surface area contributed by atoms with Crippen LogP contribution in [0.3, 0.4) is 0 Å². The summed E-state index contributed by atoms with van der Waals surface area (Å²) in [5, 5.41) is 12.3. The van der Waals surface area contributed by atoms with Crippen LogP contribution in [0.15, 0.2) is 24.3 Å². The van der Waals surface area contributed by atoms with Gasteiger partial charge in [-0.15, -0.1) is 0 Å². The molecule has 1 aromatic carbocycles. The van der Waals surface area contributed by atoms with E-state index in [9.17, 15) is 4.79 Å². The molecule has 0 saturated heterocycles. The number of hydrogen-bond donors (Lipinski definition) is 1. The summed E-state index contributed by atoms with van der Waals surface area (Å²) in [7, 11) is 0. The summed E-state index contributed by atoms with van der Waals surface area (Å²) in [4.78, 5) is 11.7. The Morgan fingerprint density at radius 2 is 2.17 bits per heavy atom. The van der Waals surface area contributed by atoms with Crippen LogP contribution in [-0.2, 0) is 10.3 Å². The molecule has 0 heterocycles. The van der Waals surface area contributed by atoms with Crippen molar-refractivity contribution >= 4 is 17.5 Å². The quantitative estimate of drug-likeness (QED) is 0.910. The molecule has 0 atom stereocenters. The number of nitriles is 1. The standard InChI is InChI=1S/C14H15ClN2O/c15-12-5-3-4-11(10-12)14(7-1-2-8-14)17-13(18)6-9-16/h3-5,10H,1-2,6-8H2,(H,17,18). The van der Waals surface area contributed by atoms with Crippen LogP contribution >= 0.6 is 11.6 Å². The minimum atomic E-state index is -0.334. The van der Waals surface area contributed by atoms with Crippen LogP contribution in [-0.4, -0.2) is 5.91 Å². The summed E-state index contributed by atoms with van der Waals surface area (Å²) in [5.74, 6) is -0.209. The third-order valence-electron chi connectivity index (χ3n) is 3.45. The Bertz CT molecular complexity index is 487. The van der Waals surface area contributed by atoms with E-state index in [0.717, 1.165) is 31.2 Å². The van der Waals surface area contributed by atoms with Crippen molar-refractivity contribution in [3.8, 4) is 6.07 Å². The lowest BCUT2D eigenvalue weighted by Gasteiger charge is -2.31. The molecule has 3 nitrogen and oxygen atoms in total. The lowest BCUT2D eigenvalue weighted by molar-refractivity contribution is -0.122. The minimum Gasteiger partial charge on any atom is -0.346 e. The molecule has 1 saturated carbocycles. The van der Waals surface area contributed by atoms with Gasteiger partial charge in [-0.3, -0.25) is 4.79 Å². The van der Waals surface area contributed by atoms with Crippen LogP contribution in [0.25, 0.3) is 0 Å². The lowest BCUT2D eigenvalue weighted by atomic mass is 9.88. The van der Waals surface area contributed by atoms with E-state index < -0.39 is 0 Å². The van der Waals surface area contributed by atoms with Crippen molar-refractivity contribution in [2.45, 2.75) is 37.6 Å². The van der Waals surface area contributed by atoms with Gasteiger partial charge in [-0.25, -0.2) is 0 Å². The lowest BCUT2D eigenvalue weighted by Crippen LogP contribution is -2.43. The number of halogens is 1. The van der Waals surface area contributed by atoms with Crippen molar-refractivity contribution in [2.24, 2.45) is 0 Å². The van der Waals surface area contributed by atoms with Gasteiger partial charge < -0.3 is 5.32 Å². The molecule has 0 aliphatic heterocycles. The molecule has 4 heteroatoms. The fraction of sp³-hybridized carbons (Fsp3) is 0.429. The van der Waals surface area contributed by atoms with Crippen LogP contribution in [0.5, 0.6) is 0 Å². The fourth-order valence-electron chi connectivity index (χ4n) is 2.63. The summed E-state index contributed by atoms with van der Waals surface area (Å²) >= 11 is 6.02. The van der Waals surface area contributed by atoms with Gasteiger partial charge in [0.2, 0.25) is 5.91 Å². The molecular weight excluding hydrogens is 248 g/mol. The average molecular weight is 263 g/mol. The molecule has 0 spiro atoms. The second-order valence-corrected chi connectivity index (χ2v) is 5.12. The van der Waals surface area contributed by atoms with Gasteiger partial charge in [-0.2, -0.15) is 5.26 Å². The highest BCUT2D eigenvalue weighted by Crippen LogP contribution is 2.39. The van der Waals surface area contributed by atoms with Crippen molar-refractivity contribution in [1.82, 2.24) is 5.32 Å². The van der Waals surface area contributed by atoms with Gasteiger partial charge in [0, 0.05) is 5.02 Å². The summed E-state index contributed by atoms with van der Waals surface area (Å²) in [6.07, 6.45) is 3.88. The van der Waals surface area contributed by atoms with Crippen molar-refractivity contribution in [1.29, 1.82) is 5.26 Å². The predicted molar refractivity (Wildman–Crippen MR) is 70.0 cm³/mol. The number of hydrogen-bond acceptors (Lipinski definition) is 2. The van der Waals surface area contributed by atoms with Crippen molar-refractivity contribution < 1.29 is 4.79 Å². The molecule has 1 fully saturated rings. The SMILES string of the molecule is N#CCC(=O)NC1(c2cccc(Cl)c2)CCCC1. The molecule has 0 radical (unpaired) electrons. The molecule has 0 bridgehead atoms. The number of benzene rings is 1. The second kappa shape index (κ2) is 5.41. The maximum absolute atomic E-state index is 11.7. The van der Waals surface area contributed by atoms with Gasteiger partial charge in [-0.1, -0.05) is 36.6 Å². The fourth-order valence-corrected chi connectivity index (χ4v) is 2.82. The number of rotatable bonds is 3. The van der Waals surface area contributed by atoms with Gasteiger partial charge in [0.25, 0.3) is 0 Å². The zero-order valence-corrected chi connectivity index (χ0v) is 10.8. The zero-order chi connectivity index (χ0) is 13.0. The number of nitrogens with zero attached hydrogens (tertiary/aromatic N) is 1. The van der Waals surface area contributed by atoms with E-state index in [-0.39, 0.29) is 17.9 Å². The van der Waals surface area contributed by atoms with Crippen LogP contribution in [0, 0.1) is 11.3 Å². The number of carbonyl (C=O) groups is 1. The van der Waals surface area contributed by atoms with Crippen molar-refractivity contribution in [3.63, 3.8) is 0 Å².